The molecule has 2 aliphatic rings. The van der Waals surface area contributed by atoms with E-state index in [2.05, 4.69) is 15.3 Å². The van der Waals surface area contributed by atoms with Gasteiger partial charge in [-0.3, -0.25) is 14.9 Å². The van der Waals surface area contributed by atoms with Crippen LogP contribution in [-0.2, 0) is 17.8 Å². The number of nitrogens with zero attached hydrogens (tertiary/aromatic N) is 4. The predicted octanol–water partition coefficient (Wildman–Crippen LogP) is 2.03. The fourth-order valence-electron chi connectivity index (χ4n) is 3.55. The van der Waals surface area contributed by atoms with Crippen LogP contribution in [0.4, 0.5) is 10.6 Å². The van der Waals surface area contributed by atoms with Crippen molar-refractivity contribution >= 4 is 11.8 Å². The number of nitrogens with one attached hydrogen (secondary N) is 1. The van der Waals surface area contributed by atoms with Crippen molar-refractivity contribution in [3.8, 4) is 5.75 Å². The minimum atomic E-state index is -0.161. The molecular weight excluding hydrogens is 358 g/mol. The summed E-state index contributed by atoms with van der Waals surface area (Å²) in [7, 11) is 0. The van der Waals surface area contributed by atoms with Gasteiger partial charge in [0.15, 0.2) is 5.82 Å². The molecule has 0 aliphatic carbocycles. The molecule has 8 heteroatoms. The van der Waals surface area contributed by atoms with E-state index in [9.17, 15) is 4.79 Å². The molecule has 0 bridgehead atoms. The molecule has 2 aromatic rings. The summed E-state index contributed by atoms with van der Waals surface area (Å²) in [4.78, 5) is 16.9. The van der Waals surface area contributed by atoms with E-state index in [4.69, 9.17) is 9.47 Å². The van der Waals surface area contributed by atoms with Crippen molar-refractivity contribution < 1.29 is 14.3 Å². The van der Waals surface area contributed by atoms with Crippen molar-refractivity contribution in [3.05, 3.63) is 42.1 Å². The lowest BCUT2D eigenvalue weighted by Gasteiger charge is -2.26. The third kappa shape index (κ3) is 4.63. The molecule has 2 aliphatic heterocycles. The van der Waals surface area contributed by atoms with Crippen LogP contribution in [0.1, 0.15) is 12.5 Å². The predicted molar refractivity (Wildman–Crippen MR) is 105 cm³/mol. The Bertz CT molecular complexity index is 803. The third-order valence-electron chi connectivity index (χ3n) is 5.05. The van der Waals surface area contributed by atoms with Gasteiger partial charge < -0.3 is 14.4 Å². The fraction of sp³-hybridized carbons (Fsp3) is 0.500. The highest BCUT2D eigenvalue weighted by Crippen LogP contribution is 2.25. The Morgan fingerprint density at radius 1 is 1.21 bits per heavy atom. The minimum absolute atomic E-state index is 0.0690. The second kappa shape index (κ2) is 8.62. The molecule has 28 heavy (non-hydrogen) atoms. The largest absolute Gasteiger partial charge is 0.489 e. The van der Waals surface area contributed by atoms with Crippen molar-refractivity contribution in [2.75, 3.05) is 44.7 Å². The topological polar surface area (TPSA) is 71.9 Å². The zero-order valence-electron chi connectivity index (χ0n) is 16.2. The third-order valence-corrected chi connectivity index (χ3v) is 5.05. The molecule has 0 spiro atoms. The summed E-state index contributed by atoms with van der Waals surface area (Å²) in [5, 5.41) is 7.40. The number of carbonyl (C=O) groups excluding carboxylic acids is 1. The molecule has 0 radical (unpaired) electrons. The molecule has 1 N–H and O–H groups in total. The monoisotopic (exact) mass is 385 g/mol. The average molecular weight is 385 g/mol. The van der Waals surface area contributed by atoms with Gasteiger partial charge in [0.25, 0.3) is 0 Å². The molecule has 1 fully saturated rings. The van der Waals surface area contributed by atoms with Gasteiger partial charge in [0.05, 0.1) is 32.8 Å². The number of benzene rings is 1. The first-order valence-electron chi connectivity index (χ1n) is 9.81. The van der Waals surface area contributed by atoms with E-state index in [-0.39, 0.29) is 12.1 Å². The molecule has 1 atom stereocenters. The van der Waals surface area contributed by atoms with Gasteiger partial charge >= 0.3 is 6.03 Å². The van der Waals surface area contributed by atoms with E-state index in [1.54, 1.807) is 4.90 Å². The number of urea groups is 1. The molecule has 3 heterocycles. The van der Waals surface area contributed by atoms with Crippen LogP contribution in [0.5, 0.6) is 5.75 Å². The SMILES string of the molecule is CC1CN(C(=O)Nc2ccn(CCN3CCOCC3)n2)Cc2ccccc2O1. The number of anilines is 1. The number of ether oxygens (including phenoxy) is 2. The first-order chi connectivity index (χ1) is 13.7. The van der Waals surface area contributed by atoms with Gasteiger partial charge in [-0.2, -0.15) is 5.10 Å². The maximum Gasteiger partial charge on any atom is 0.323 e. The maximum atomic E-state index is 12.8. The number of amides is 2. The number of fused-ring (bicyclic) bond motifs is 1. The quantitative estimate of drug-likeness (QED) is 0.872. The summed E-state index contributed by atoms with van der Waals surface area (Å²) >= 11 is 0. The number of morpholine rings is 1. The van der Waals surface area contributed by atoms with Crippen LogP contribution in [-0.4, -0.2) is 71.1 Å². The summed E-state index contributed by atoms with van der Waals surface area (Å²) in [6.45, 7) is 8.24. The van der Waals surface area contributed by atoms with Gasteiger partial charge in [0.1, 0.15) is 11.9 Å². The van der Waals surface area contributed by atoms with E-state index in [1.807, 2.05) is 48.1 Å². The van der Waals surface area contributed by atoms with Crippen molar-refractivity contribution in [3.63, 3.8) is 0 Å². The van der Waals surface area contributed by atoms with Crippen molar-refractivity contribution in [2.24, 2.45) is 0 Å². The van der Waals surface area contributed by atoms with Crippen LogP contribution in [0.25, 0.3) is 0 Å². The van der Waals surface area contributed by atoms with Gasteiger partial charge in [-0.15, -0.1) is 0 Å². The van der Waals surface area contributed by atoms with Crippen molar-refractivity contribution in [2.45, 2.75) is 26.1 Å². The number of rotatable bonds is 4. The Labute approximate surface area is 165 Å². The molecule has 1 aromatic carbocycles. The lowest BCUT2D eigenvalue weighted by molar-refractivity contribution is 0.0360. The van der Waals surface area contributed by atoms with Gasteiger partial charge in [0.2, 0.25) is 0 Å². The van der Waals surface area contributed by atoms with Crippen molar-refractivity contribution in [1.29, 1.82) is 0 Å². The van der Waals surface area contributed by atoms with Gasteiger partial charge in [0, 0.05) is 37.5 Å². The van der Waals surface area contributed by atoms with Crippen molar-refractivity contribution in [1.82, 2.24) is 19.6 Å². The lowest BCUT2D eigenvalue weighted by Crippen LogP contribution is -2.39. The number of hydrogen-bond donors (Lipinski definition) is 1. The molecule has 1 saturated heterocycles. The maximum absolute atomic E-state index is 12.8. The minimum Gasteiger partial charge on any atom is -0.489 e. The number of hydrogen-bond acceptors (Lipinski definition) is 5. The molecule has 1 unspecified atom stereocenters. The molecule has 1 aromatic heterocycles. The Balaban J connectivity index is 1.34. The molecule has 150 valence electrons. The van der Waals surface area contributed by atoms with Crippen LogP contribution in [0.2, 0.25) is 0 Å². The second-order valence-corrected chi connectivity index (χ2v) is 7.26. The Morgan fingerprint density at radius 2 is 2.04 bits per heavy atom. The Morgan fingerprint density at radius 3 is 2.89 bits per heavy atom. The number of aromatic nitrogens is 2. The van der Waals surface area contributed by atoms with E-state index in [0.29, 0.717) is 18.9 Å². The molecule has 8 nitrogen and oxygen atoms in total. The molecule has 2 amide bonds. The highest BCUT2D eigenvalue weighted by molar-refractivity contribution is 5.88. The van der Waals surface area contributed by atoms with Gasteiger partial charge in [-0.05, 0) is 13.0 Å². The summed E-state index contributed by atoms with van der Waals surface area (Å²) in [5.74, 6) is 1.41. The van der Waals surface area contributed by atoms with Crippen LogP contribution >= 0.6 is 0 Å². The first-order valence-corrected chi connectivity index (χ1v) is 9.81. The number of carbonyl (C=O) groups is 1. The number of para-hydroxylation sites is 1. The molecule has 0 saturated carbocycles. The Hall–Kier alpha value is -2.58. The first kappa shape index (κ1) is 18.8. The van der Waals surface area contributed by atoms with E-state index >= 15 is 0 Å². The zero-order chi connectivity index (χ0) is 19.3. The molecule has 4 rings (SSSR count). The highest BCUT2D eigenvalue weighted by atomic mass is 16.5. The highest BCUT2D eigenvalue weighted by Gasteiger charge is 2.24. The summed E-state index contributed by atoms with van der Waals surface area (Å²) in [6.07, 6.45) is 1.83. The van der Waals surface area contributed by atoms with Gasteiger partial charge in [-0.25, -0.2) is 4.79 Å². The summed E-state index contributed by atoms with van der Waals surface area (Å²) in [5.41, 5.74) is 1.01. The zero-order valence-corrected chi connectivity index (χ0v) is 16.2. The van der Waals surface area contributed by atoms with E-state index in [1.165, 1.54) is 0 Å². The van der Waals surface area contributed by atoms with Crippen LogP contribution < -0.4 is 10.1 Å². The van der Waals surface area contributed by atoms with Crippen LogP contribution in [0, 0.1) is 0 Å². The van der Waals surface area contributed by atoms with Gasteiger partial charge in [-0.1, -0.05) is 18.2 Å². The lowest BCUT2D eigenvalue weighted by atomic mass is 10.2. The van der Waals surface area contributed by atoms with Crippen LogP contribution in [0.15, 0.2) is 36.5 Å². The summed E-state index contributed by atoms with van der Waals surface area (Å²) < 4.78 is 13.2. The van der Waals surface area contributed by atoms with E-state index in [0.717, 1.165) is 50.7 Å². The van der Waals surface area contributed by atoms with Crippen LogP contribution in [0.3, 0.4) is 0 Å². The standard InChI is InChI=1S/C20H27N5O3/c1-16-14-24(15-17-4-2-3-5-18(17)28-16)20(26)21-19-6-7-25(22-19)9-8-23-10-12-27-13-11-23/h2-7,16H,8-15H2,1H3,(H,21,22,26). The van der Waals surface area contributed by atoms with E-state index < -0.39 is 0 Å². The average Bonchev–Trinajstić information content (AvgIpc) is 3.07. The fourth-order valence-corrected chi connectivity index (χ4v) is 3.55. The summed E-state index contributed by atoms with van der Waals surface area (Å²) in [6, 6.07) is 9.53. The molecular formula is C20H27N5O3. The smallest absolute Gasteiger partial charge is 0.323 e. The Kier molecular flexibility index (Phi) is 5.78. The second-order valence-electron chi connectivity index (χ2n) is 7.26. The normalized spacial score (nSPS) is 20.2.